The number of piperazine rings is 1. The molecule has 1 N–H and O–H groups in total. The minimum absolute atomic E-state index is 0.1000. The third kappa shape index (κ3) is 7.18. The minimum atomic E-state index is -0.852. The van der Waals surface area contributed by atoms with Crippen molar-refractivity contribution in [2.75, 3.05) is 33.3 Å². The molecule has 1 aliphatic heterocycles. The third-order valence-electron chi connectivity index (χ3n) is 5.41. The number of rotatable bonds is 7. The summed E-state index contributed by atoms with van der Waals surface area (Å²) in [7, 11) is 1.62. The van der Waals surface area contributed by atoms with Crippen molar-refractivity contribution in [1.82, 2.24) is 25.3 Å². The lowest BCUT2D eigenvalue weighted by Gasteiger charge is -2.34. The normalized spacial score (nSPS) is 15.2. The van der Waals surface area contributed by atoms with Gasteiger partial charge in [-0.15, -0.1) is 0 Å². The van der Waals surface area contributed by atoms with Gasteiger partial charge in [-0.1, -0.05) is 17.3 Å². The summed E-state index contributed by atoms with van der Waals surface area (Å²) < 4.78 is 16.0. The summed E-state index contributed by atoms with van der Waals surface area (Å²) in [6, 6.07) is 7.58. The fourth-order valence-corrected chi connectivity index (χ4v) is 3.60. The largest absolute Gasteiger partial charge is 0.497 e. The quantitative estimate of drug-likeness (QED) is 0.654. The molecular formula is C24H35N5O5. The number of ether oxygens (including phenoxy) is 2. The molecule has 2 amide bonds. The van der Waals surface area contributed by atoms with Gasteiger partial charge in [0.15, 0.2) is 5.82 Å². The maximum absolute atomic E-state index is 12.7. The number of hydrogen-bond acceptors (Lipinski definition) is 8. The van der Waals surface area contributed by atoms with Crippen molar-refractivity contribution < 1.29 is 23.6 Å². The molecule has 34 heavy (non-hydrogen) atoms. The molecule has 0 bridgehead atoms. The molecule has 0 saturated carbocycles. The van der Waals surface area contributed by atoms with Gasteiger partial charge in [-0.3, -0.25) is 9.69 Å². The van der Waals surface area contributed by atoms with Gasteiger partial charge in [-0.2, -0.15) is 4.98 Å². The van der Waals surface area contributed by atoms with Crippen LogP contribution in [0, 0.1) is 0 Å². The molecule has 0 aliphatic carbocycles. The van der Waals surface area contributed by atoms with Crippen LogP contribution in [0.1, 0.15) is 51.9 Å². The van der Waals surface area contributed by atoms with Crippen molar-refractivity contribution >= 4 is 12.0 Å². The summed E-state index contributed by atoms with van der Waals surface area (Å²) >= 11 is 0. The van der Waals surface area contributed by atoms with E-state index in [9.17, 15) is 9.59 Å². The fraction of sp³-hybridized carbons (Fsp3) is 0.583. The van der Waals surface area contributed by atoms with Crippen LogP contribution in [-0.2, 0) is 28.0 Å². The zero-order valence-corrected chi connectivity index (χ0v) is 20.9. The molecule has 10 nitrogen and oxygen atoms in total. The number of hydrogen-bond donors (Lipinski definition) is 1. The van der Waals surface area contributed by atoms with Gasteiger partial charge in [0, 0.05) is 26.2 Å². The Morgan fingerprint density at radius 1 is 1.12 bits per heavy atom. The average Bonchev–Trinajstić information content (AvgIpc) is 3.22. The summed E-state index contributed by atoms with van der Waals surface area (Å²) in [6.45, 7) is 12.2. The van der Waals surface area contributed by atoms with Crippen LogP contribution in [0.25, 0.3) is 0 Å². The van der Waals surface area contributed by atoms with E-state index < -0.39 is 17.2 Å². The Bertz CT molecular complexity index is 990. The zero-order chi connectivity index (χ0) is 24.9. The van der Waals surface area contributed by atoms with Gasteiger partial charge >= 0.3 is 6.09 Å². The molecule has 1 saturated heterocycles. The number of nitrogens with one attached hydrogen (secondary N) is 1. The first-order valence-corrected chi connectivity index (χ1v) is 11.4. The Labute approximate surface area is 200 Å². The molecule has 2 aromatic rings. The Hall–Kier alpha value is -3.14. The van der Waals surface area contributed by atoms with Gasteiger partial charge in [0.1, 0.15) is 16.9 Å². The highest BCUT2D eigenvalue weighted by atomic mass is 16.6. The molecule has 3 rings (SSSR count). The van der Waals surface area contributed by atoms with Crippen molar-refractivity contribution in [3.05, 3.63) is 41.5 Å². The molecule has 1 fully saturated rings. The van der Waals surface area contributed by atoms with E-state index in [1.165, 1.54) is 0 Å². The van der Waals surface area contributed by atoms with Crippen LogP contribution in [0.4, 0.5) is 4.79 Å². The van der Waals surface area contributed by atoms with Gasteiger partial charge in [-0.25, -0.2) is 4.79 Å². The lowest BCUT2D eigenvalue weighted by molar-refractivity contribution is -0.132. The second-order valence-corrected chi connectivity index (χ2v) is 9.95. The average molecular weight is 474 g/mol. The van der Waals surface area contributed by atoms with E-state index in [0.717, 1.165) is 11.3 Å². The SMILES string of the molecule is COc1cccc(CC(=O)N2CCN(Cc3nc(C(C)(C)NC(=O)OC(C)(C)C)no3)CC2)c1. The van der Waals surface area contributed by atoms with Crippen molar-refractivity contribution in [2.45, 2.75) is 58.7 Å². The number of nitrogens with zero attached hydrogens (tertiary/aromatic N) is 4. The van der Waals surface area contributed by atoms with Crippen molar-refractivity contribution in [1.29, 1.82) is 0 Å². The van der Waals surface area contributed by atoms with Crippen molar-refractivity contribution in [3.63, 3.8) is 0 Å². The molecule has 0 radical (unpaired) electrons. The van der Waals surface area contributed by atoms with Crippen LogP contribution >= 0.6 is 0 Å². The van der Waals surface area contributed by atoms with E-state index in [2.05, 4.69) is 20.4 Å². The van der Waals surface area contributed by atoms with Crippen LogP contribution in [0.2, 0.25) is 0 Å². The molecule has 1 aromatic carbocycles. The van der Waals surface area contributed by atoms with Gasteiger partial charge < -0.3 is 24.2 Å². The van der Waals surface area contributed by atoms with Gasteiger partial charge in [0.2, 0.25) is 11.8 Å². The topological polar surface area (TPSA) is 110 Å². The number of carbonyl (C=O) groups is 2. The summed E-state index contributed by atoms with van der Waals surface area (Å²) in [6.07, 6.45) is -0.192. The fourth-order valence-electron chi connectivity index (χ4n) is 3.60. The molecule has 1 aliphatic rings. The van der Waals surface area contributed by atoms with Crippen LogP contribution in [0.3, 0.4) is 0 Å². The highest BCUT2D eigenvalue weighted by Gasteiger charge is 2.31. The molecule has 0 spiro atoms. The van der Waals surface area contributed by atoms with Crippen molar-refractivity contribution in [3.8, 4) is 5.75 Å². The van der Waals surface area contributed by atoms with E-state index in [1.807, 2.05) is 29.2 Å². The molecule has 186 valence electrons. The lowest BCUT2D eigenvalue weighted by atomic mass is 10.1. The van der Waals surface area contributed by atoms with Gasteiger partial charge in [0.05, 0.1) is 20.1 Å². The second kappa shape index (κ2) is 10.4. The van der Waals surface area contributed by atoms with E-state index in [0.29, 0.717) is 50.9 Å². The Balaban J connectivity index is 1.49. The highest BCUT2D eigenvalue weighted by molar-refractivity contribution is 5.79. The Morgan fingerprint density at radius 3 is 2.47 bits per heavy atom. The Morgan fingerprint density at radius 2 is 1.82 bits per heavy atom. The van der Waals surface area contributed by atoms with Crippen LogP contribution < -0.4 is 10.1 Å². The molecule has 10 heteroatoms. The molecule has 2 heterocycles. The van der Waals surface area contributed by atoms with Gasteiger partial charge in [-0.05, 0) is 52.3 Å². The molecular weight excluding hydrogens is 438 g/mol. The number of amides is 2. The molecule has 0 unspecified atom stereocenters. The highest BCUT2D eigenvalue weighted by Crippen LogP contribution is 2.19. The molecule has 1 aromatic heterocycles. The summed E-state index contributed by atoms with van der Waals surface area (Å²) in [5.74, 6) is 1.69. The summed E-state index contributed by atoms with van der Waals surface area (Å²) in [5, 5.41) is 6.83. The predicted octanol–water partition coefficient (Wildman–Crippen LogP) is 2.72. The smallest absolute Gasteiger partial charge is 0.408 e. The number of carbonyl (C=O) groups excluding carboxylic acids is 2. The van der Waals surface area contributed by atoms with Crippen molar-refractivity contribution in [2.24, 2.45) is 0 Å². The van der Waals surface area contributed by atoms with Crippen LogP contribution in [0.5, 0.6) is 5.75 Å². The number of alkyl carbamates (subject to hydrolysis) is 1. The molecule has 0 atom stereocenters. The van der Waals surface area contributed by atoms with E-state index >= 15 is 0 Å². The second-order valence-electron chi connectivity index (χ2n) is 9.95. The van der Waals surface area contributed by atoms with Gasteiger partial charge in [0.25, 0.3) is 0 Å². The first-order chi connectivity index (χ1) is 15.9. The zero-order valence-electron chi connectivity index (χ0n) is 20.9. The lowest BCUT2D eigenvalue weighted by Crippen LogP contribution is -2.48. The maximum atomic E-state index is 12.7. The standard InChI is InChI=1S/C24H35N5O5/c1-23(2,3)33-22(31)26-24(4,5)21-25-19(34-27-21)16-28-10-12-29(13-11-28)20(30)15-17-8-7-9-18(14-17)32-6/h7-9,14H,10-13,15-16H2,1-6H3,(H,26,31). The van der Waals surface area contributed by atoms with Crippen LogP contribution in [0.15, 0.2) is 28.8 Å². The first-order valence-electron chi connectivity index (χ1n) is 11.4. The summed E-state index contributed by atoms with van der Waals surface area (Å²) in [5.41, 5.74) is -0.511. The Kier molecular flexibility index (Phi) is 7.81. The summed E-state index contributed by atoms with van der Waals surface area (Å²) in [4.78, 5) is 33.4. The predicted molar refractivity (Wildman–Crippen MR) is 125 cm³/mol. The maximum Gasteiger partial charge on any atom is 0.408 e. The third-order valence-corrected chi connectivity index (χ3v) is 5.41. The van der Waals surface area contributed by atoms with Crippen LogP contribution in [-0.4, -0.2) is 70.8 Å². The monoisotopic (exact) mass is 473 g/mol. The number of benzene rings is 1. The van der Waals surface area contributed by atoms with E-state index in [4.69, 9.17) is 14.0 Å². The number of aromatic nitrogens is 2. The first kappa shape index (κ1) is 25.5. The minimum Gasteiger partial charge on any atom is -0.497 e. The number of methoxy groups -OCH3 is 1. The van der Waals surface area contributed by atoms with E-state index in [1.54, 1.807) is 41.7 Å². The van der Waals surface area contributed by atoms with E-state index in [-0.39, 0.29) is 5.91 Å².